The molecule has 1 N–H and O–H groups in total. The molecule has 1 unspecified atom stereocenters. The second kappa shape index (κ2) is 14.3. The van der Waals surface area contributed by atoms with Gasteiger partial charge in [0.05, 0.1) is 33.0 Å². The molecule has 1 aliphatic heterocycles. The van der Waals surface area contributed by atoms with Crippen molar-refractivity contribution in [2.75, 3.05) is 13.2 Å². The van der Waals surface area contributed by atoms with Crippen LogP contribution in [0.5, 0.6) is 0 Å². The molecule has 0 radical (unpaired) electrons. The van der Waals surface area contributed by atoms with Crippen LogP contribution < -0.4 is 0 Å². The van der Waals surface area contributed by atoms with Crippen LogP contribution in [-0.2, 0) is 50.1 Å². The van der Waals surface area contributed by atoms with Crippen molar-refractivity contribution in [3.8, 4) is 0 Å². The zero-order valence-electron chi connectivity index (χ0n) is 22.5. The van der Waals surface area contributed by atoms with Gasteiger partial charge < -0.3 is 28.8 Å². The summed E-state index contributed by atoms with van der Waals surface area (Å²) in [5.74, 6) is -1.73. The summed E-state index contributed by atoms with van der Waals surface area (Å²) in [6.07, 6.45) is -1.97. The molecule has 5 rings (SSSR count). The highest BCUT2D eigenvalue weighted by molar-refractivity contribution is 5.16. The summed E-state index contributed by atoms with van der Waals surface area (Å²) in [4.78, 5) is 0. The van der Waals surface area contributed by atoms with Crippen molar-refractivity contribution in [1.29, 1.82) is 0 Å². The Balaban J connectivity index is 1.33. The standard InChI is InChI=1S/C34H36O6/c35-34(26-37-22-28-15-7-2-8-16-28)33(39-24-30-19-11-4-12-20-30)32(38-23-29-17-9-3-10-18-29)31(40-34)25-36-21-27-13-5-1-6-14-27/h1-20,31-33,35H,21-26H2/t31-,32-,33+,34?/m1/s1. The zero-order chi connectivity index (χ0) is 27.5. The van der Waals surface area contributed by atoms with Gasteiger partial charge in [-0.25, -0.2) is 0 Å². The molecule has 208 valence electrons. The molecular weight excluding hydrogens is 504 g/mol. The van der Waals surface area contributed by atoms with Crippen LogP contribution in [0.3, 0.4) is 0 Å². The first-order valence-electron chi connectivity index (χ1n) is 13.6. The molecule has 4 aromatic rings. The Bertz CT molecular complexity index is 1250. The van der Waals surface area contributed by atoms with E-state index in [9.17, 15) is 5.11 Å². The maximum absolute atomic E-state index is 11.9. The highest BCUT2D eigenvalue weighted by atomic mass is 16.7. The predicted octanol–water partition coefficient (Wildman–Crippen LogP) is 5.68. The van der Waals surface area contributed by atoms with E-state index >= 15 is 0 Å². The van der Waals surface area contributed by atoms with Gasteiger partial charge in [0, 0.05) is 0 Å². The van der Waals surface area contributed by atoms with Crippen molar-refractivity contribution in [2.45, 2.75) is 50.5 Å². The van der Waals surface area contributed by atoms with Crippen molar-refractivity contribution in [2.24, 2.45) is 0 Å². The van der Waals surface area contributed by atoms with E-state index in [1.807, 2.05) is 121 Å². The third-order valence-electron chi connectivity index (χ3n) is 6.84. The molecule has 0 bridgehead atoms. The van der Waals surface area contributed by atoms with Crippen LogP contribution in [0.2, 0.25) is 0 Å². The Morgan fingerprint density at radius 2 is 0.975 bits per heavy atom. The van der Waals surface area contributed by atoms with Gasteiger partial charge in [0.2, 0.25) is 5.79 Å². The normalized spacial score (nSPS) is 22.4. The highest BCUT2D eigenvalue weighted by Crippen LogP contribution is 2.36. The van der Waals surface area contributed by atoms with Crippen LogP contribution in [0.15, 0.2) is 121 Å². The Morgan fingerprint density at radius 3 is 1.48 bits per heavy atom. The first-order valence-corrected chi connectivity index (χ1v) is 13.6. The lowest BCUT2D eigenvalue weighted by Crippen LogP contribution is -2.49. The van der Waals surface area contributed by atoms with Gasteiger partial charge >= 0.3 is 0 Å². The highest BCUT2D eigenvalue weighted by Gasteiger charge is 2.56. The number of rotatable bonds is 14. The minimum Gasteiger partial charge on any atom is -0.374 e. The fraction of sp³-hybridized carbons (Fsp3) is 0.294. The lowest BCUT2D eigenvalue weighted by molar-refractivity contribution is -0.267. The number of ether oxygens (including phenoxy) is 5. The Kier molecular flexibility index (Phi) is 10.1. The van der Waals surface area contributed by atoms with Gasteiger partial charge in [0.25, 0.3) is 0 Å². The van der Waals surface area contributed by atoms with Crippen molar-refractivity contribution in [3.05, 3.63) is 144 Å². The summed E-state index contributed by atoms with van der Waals surface area (Å²) in [6.45, 7) is 1.53. The summed E-state index contributed by atoms with van der Waals surface area (Å²) in [6, 6.07) is 39.6. The fourth-order valence-electron chi connectivity index (χ4n) is 4.80. The van der Waals surface area contributed by atoms with Crippen LogP contribution in [0.4, 0.5) is 0 Å². The summed E-state index contributed by atoms with van der Waals surface area (Å²) in [5, 5.41) is 11.9. The molecule has 1 heterocycles. The predicted molar refractivity (Wildman–Crippen MR) is 152 cm³/mol. The molecule has 0 spiro atoms. The van der Waals surface area contributed by atoms with Gasteiger partial charge in [0.1, 0.15) is 24.9 Å². The molecule has 1 fully saturated rings. The van der Waals surface area contributed by atoms with Crippen molar-refractivity contribution in [3.63, 3.8) is 0 Å². The molecule has 0 aromatic heterocycles. The van der Waals surface area contributed by atoms with Crippen LogP contribution >= 0.6 is 0 Å². The van der Waals surface area contributed by atoms with Crippen LogP contribution in [0, 0.1) is 0 Å². The van der Waals surface area contributed by atoms with E-state index < -0.39 is 24.1 Å². The van der Waals surface area contributed by atoms with E-state index in [0.29, 0.717) is 26.4 Å². The maximum atomic E-state index is 11.9. The van der Waals surface area contributed by atoms with E-state index in [-0.39, 0.29) is 13.2 Å². The largest absolute Gasteiger partial charge is 0.374 e. The van der Waals surface area contributed by atoms with Crippen LogP contribution in [-0.4, -0.2) is 42.4 Å². The smallest absolute Gasteiger partial charge is 0.219 e. The third kappa shape index (κ3) is 7.86. The van der Waals surface area contributed by atoms with E-state index in [1.54, 1.807) is 0 Å². The van der Waals surface area contributed by atoms with Crippen molar-refractivity contribution < 1.29 is 28.8 Å². The SMILES string of the molecule is OC1(COCc2ccccc2)O[C@H](COCc2ccccc2)[C@@H](OCc2ccccc2)[C@@H]1OCc1ccccc1. The first kappa shape index (κ1) is 28.2. The number of hydrogen-bond acceptors (Lipinski definition) is 6. The van der Waals surface area contributed by atoms with Gasteiger partial charge in [-0.2, -0.15) is 0 Å². The molecule has 6 heteroatoms. The molecular formula is C34H36O6. The van der Waals surface area contributed by atoms with E-state index in [0.717, 1.165) is 22.3 Å². The number of hydrogen-bond donors (Lipinski definition) is 1. The Morgan fingerprint density at radius 1 is 0.550 bits per heavy atom. The average Bonchev–Trinajstić information content (AvgIpc) is 3.27. The molecule has 0 aliphatic carbocycles. The van der Waals surface area contributed by atoms with E-state index in [4.69, 9.17) is 23.7 Å². The monoisotopic (exact) mass is 540 g/mol. The van der Waals surface area contributed by atoms with E-state index in [1.165, 1.54) is 0 Å². The van der Waals surface area contributed by atoms with Crippen LogP contribution in [0.25, 0.3) is 0 Å². The van der Waals surface area contributed by atoms with Gasteiger partial charge in [-0.05, 0) is 22.3 Å². The third-order valence-corrected chi connectivity index (χ3v) is 6.84. The minimum absolute atomic E-state index is 0.0816. The average molecular weight is 541 g/mol. The lowest BCUT2D eigenvalue weighted by atomic mass is 10.0. The maximum Gasteiger partial charge on any atom is 0.219 e. The quantitative estimate of drug-likeness (QED) is 0.222. The molecule has 0 saturated carbocycles. The van der Waals surface area contributed by atoms with Gasteiger partial charge in [-0.3, -0.25) is 0 Å². The topological polar surface area (TPSA) is 66.4 Å². The second-order valence-electron chi connectivity index (χ2n) is 9.96. The zero-order valence-corrected chi connectivity index (χ0v) is 22.5. The first-order chi connectivity index (χ1) is 19.7. The van der Waals surface area contributed by atoms with Gasteiger partial charge in [-0.15, -0.1) is 0 Å². The Hall–Kier alpha value is -3.36. The summed E-state index contributed by atoms with van der Waals surface area (Å²) < 4.78 is 31.1. The molecule has 1 aliphatic rings. The van der Waals surface area contributed by atoms with Crippen molar-refractivity contribution >= 4 is 0 Å². The number of benzene rings is 4. The fourth-order valence-corrected chi connectivity index (χ4v) is 4.80. The summed E-state index contributed by atoms with van der Waals surface area (Å²) >= 11 is 0. The van der Waals surface area contributed by atoms with Crippen molar-refractivity contribution in [1.82, 2.24) is 0 Å². The molecule has 6 nitrogen and oxygen atoms in total. The lowest BCUT2D eigenvalue weighted by Gasteiger charge is -2.30. The number of aliphatic hydroxyl groups is 1. The molecule has 4 aromatic carbocycles. The molecule has 1 saturated heterocycles. The molecule has 0 amide bonds. The minimum atomic E-state index is -1.73. The Labute approximate surface area is 236 Å². The van der Waals surface area contributed by atoms with Gasteiger partial charge in [0.15, 0.2) is 0 Å². The summed E-state index contributed by atoms with van der Waals surface area (Å²) in [5.41, 5.74) is 4.07. The molecule has 40 heavy (non-hydrogen) atoms. The van der Waals surface area contributed by atoms with Crippen LogP contribution in [0.1, 0.15) is 22.3 Å². The summed E-state index contributed by atoms with van der Waals surface area (Å²) in [7, 11) is 0. The van der Waals surface area contributed by atoms with Gasteiger partial charge in [-0.1, -0.05) is 121 Å². The second-order valence-corrected chi connectivity index (χ2v) is 9.96. The molecule has 4 atom stereocenters. The van der Waals surface area contributed by atoms with E-state index in [2.05, 4.69) is 0 Å².